The molecule has 0 atom stereocenters. The van der Waals surface area contributed by atoms with Crippen molar-refractivity contribution in [3.8, 4) is 5.75 Å². The molecule has 0 aliphatic rings. The molecule has 0 saturated carbocycles. The van der Waals surface area contributed by atoms with Gasteiger partial charge < -0.3 is 9.30 Å². The van der Waals surface area contributed by atoms with E-state index in [0.29, 0.717) is 12.0 Å². The second kappa shape index (κ2) is 5.00. The fourth-order valence-electron chi connectivity index (χ4n) is 2.47. The molecule has 0 fully saturated rings. The first kappa shape index (κ1) is 12.7. The SMILES string of the molecule is Cc1cccc(OCc2cn(C)c3cccc(F)c23)c1. The predicted molar refractivity (Wildman–Crippen MR) is 78.4 cm³/mol. The molecule has 3 aromatic rings. The van der Waals surface area contributed by atoms with Crippen LogP contribution in [0, 0.1) is 12.7 Å². The summed E-state index contributed by atoms with van der Waals surface area (Å²) in [5.74, 6) is 0.601. The van der Waals surface area contributed by atoms with Gasteiger partial charge in [-0.25, -0.2) is 4.39 Å². The molecule has 3 rings (SSSR count). The second-order valence-corrected chi connectivity index (χ2v) is 5.00. The summed E-state index contributed by atoms with van der Waals surface area (Å²) in [5.41, 5.74) is 2.89. The van der Waals surface area contributed by atoms with Crippen LogP contribution in [0.15, 0.2) is 48.7 Å². The zero-order valence-electron chi connectivity index (χ0n) is 11.6. The molecule has 0 amide bonds. The van der Waals surface area contributed by atoms with Gasteiger partial charge in [0, 0.05) is 24.2 Å². The summed E-state index contributed by atoms with van der Waals surface area (Å²) < 4.78 is 21.7. The maximum atomic E-state index is 14.0. The van der Waals surface area contributed by atoms with Crippen molar-refractivity contribution in [3.05, 3.63) is 65.6 Å². The summed E-state index contributed by atoms with van der Waals surface area (Å²) in [4.78, 5) is 0. The molecular formula is C17H16FNO. The Morgan fingerprint density at radius 3 is 2.75 bits per heavy atom. The van der Waals surface area contributed by atoms with Crippen LogP contribution in [-0.4, -0.2) is 4.57 Å². The lowest BCUT2D eigenvalue weighted by Gasteiger charge is -2.06. The molecule has 3 heteroatoms. The molecule has 0 radical (unpaired) electrons. The Labute approximate surface area is 117 Å². The molecule has 102 valence electrons. The molecule has 0 N–H and O–H groups in total. The van der Waals surface area contributed by atoms with E-state index in [1.54, 1.807) is 6.07 Å². The smallest absolute Gasteiger partial charge is 0.132 e. The van der Waals surface area contributed by atoms with Crippen molar-refractivity contribution in [2.24, 2.45) is 7.05 Å². The Morgan fingerprint density at radius 1 is 1.15 bits per heavy atom. The number of hydrogen-bond donors (Lipinski definition) is 0. The lowest BCUT2D eigenvalue weighted by atomic mass is 10.2. The maximum absolute atomic E-state index is 14.0. The van der Waals surface area contributed by atoms with Crippen molar-refractivity contribution in [1.29, 1.82) is 0 Å². The highest BCUT2D eigenvalue weighted by atomic mass is 19.1. The largest absolute Gasteiger partial charge is 0.489 e. The molecule has 0 bridgehead atoms. The number of benzene rings is 2. The standard InChI is InChI=1S/C17H16FNO/c1-12-5-3-6-14(9-12)20-11-13-10-19(2)16-8-4-7-15(18)17(13)16/h3-10H,11H2,1-2H3. The molecule has 1 aromatic heterocycles. The van der Waals surface area contributed by atoms with Crippen molar-refractivity contribution in [2.45, 2.75) is 13.5 Å². The highest BCUT2D eigenvalue weighted by Crippen LogP contribution is 2.25. The summed E-state index contributed by atoms with van der Waals surface area (Å²) in [5, 5.41) is 0.641. The number of fused-ring (bicyclic) bond motifs is 1. The number of aryl methyl sites for hydroxylation is 2. The molecule has 0 saturated heterocycles. The van der Waals surface area contributed by atoms with Crippen LogP contribution in [0.4, 0.5) is 4.39 Å². The number of rotatable bonds is 3. The van der Waals surface area contributed by atoms with Crippen molar-refractivity contribution in [2.75, 3.05) is 0 Å². The van der Waals surface area contributed by atoms with Gasteiger partial charge in [0.15, 0.2) is 0 Å². The normalized spacial score (nSPS) is 10.9. The molecule has 1 heterocycles. The van der Waals surface area contributed by atoms with Crippen LogP contribution in [0.5, 0.6) is 5.75 Å². The second-order valence-electron chi connectivity index (χ2n) is 5.00. The van der Waals surface area contributed by atoms with E-state index < -0.39 is 0 Å². The highest BCUT2D eigenvalue weighted by Gasteiger charge is 2.11. The predicted octanol–water partition coefficient (Wildman–Crippen LogP) is 4.20. The average molecular weight is 269 g/mol. The Bertz CT molecular complexity index is 761. The average Bonchev–Trinajstić information content (AvgIpc) is 2.75. The molecule has 0 unspecified atom stereocenters. The van der Waals surface area contributed by atoms with Gasteiger partial charge in [-0.15, -0.1) is 0 Å². The summed E-state index contributed by atoms with van der Waals surface area (Å²) in [6.45, 7) is 2.38. The molecular weight excluding hydrogens is 253 g/mol. The lowest BCUT2D eigenvalue weighted by Crippen LogP contribution is -1.95. The van der Waals surface area contributed by atoms with Crippen LogP contribution >= 0.6 is 0 Å². The lowest BCUT2D eigenvalue weighted by molar-refractivity contribution is 0.307. The first-order valence-corrected chi connectivity index (χ1v) is 6.57. The van der Waals surface area contributed by atoms with Gasteiger partial charge in [-0.1, -0.05) is 18.2 Å². The van der Waals surface area contributed by atoms with Gasteiger partial charge in [0.05, 0.1) is 5.52 Å². The van der Waals surface area contributed by atoms with Crippen LogP contribution < -0.4 is 4.74 Å². The highest BCUT2D eigenvalue weighted by molar-refractivity contribution is 5.84. The summed E-state index contributed by atoms with van der Waals surface area (Å²) in [6, 6.07) is 13.0. The monoisotopic (exact) mass is 269 g/mol. The van der Waals surface area contributed by atoms with Crippen LogP contribution in [0.25, 0.3) is 10.9 Å². The Balaban J connectivity index is 1.92. The minimum Gasteiger partial charge on any atom is -0.489 e. The van der Waals surface area contributed by atoms with Gasteiger partial charge in [0.2, 0.25) is 0 Å². The zero-order valence-corrected chi connectivity index (χ0v) is 11.6. The fraction of sp³-hybridized carbons (Fsp3) is 0.176. The van der Waals surface area contributed by atoms with E-state index in [9.17, 15) is 4.39 Å². The summed E-state index contributed by atoms with van der Waals surface area (Å²) in [6.07, 6.45) is 1.92. The van der Waals surface area contributed by atoms with Crippen LogP contribution in [0.1, 0.15) is 11.1 Å². The molecule has 2 aromatic carbocycles. The molecule has 20 heavy (non-hydrogen) atoms. The number of halogens is 1. The van der Waals surface area contributed by atoms with Crippen LogP contribution in [-0.2, 0) is 13.7 Å². The Morgan fingerprint density at radius 2 is 1.95 bits per heavy atom. The van der Waals surface area contributed by atoms with E-state index in [0.717, 1.165) is 22.4 Å². The Hall–Kier alpha value is -2.29. The quantitative estimate of drug-likeness (QED) is 0.695. The third kappa shape index (κ3) is 2.27. The number of hydrogen-bond acceptors (Lipinski definition) is 1. The van der Waals surface area contributed by atoms with Gasteiger partial charge in [-0.05, 0) is 36.8 Å². The van der Waals surface area contributed by atoms with E-state index in [1.165, 1.54) is 6.07 Å². The van der Waals surface area contributed by atoms with E-state index in [2.05, 4.69) is 0 Å². The van der Waals surface area contributed by atoms with Gasteiger partial charge in [0.25, 0.3) is 0 Å². The van der Waals surface area contributed by atoms with E-state index in [1.807, 2.05) is 55.1 Å². The number of ether oxygens (including phenoxy) is 1. The van der Waals surface area contributed by atoms with Gasteiger partial charge in [-0.2, -0.15) is 0 Å². The minimum atomic E-state index is -0.203. The Kier molecular flexibility index (Phi) is 3.18. The molecule has 0 aliphatic heterocycles. The van der Waals surface area contributed by atoms with Gasteiger partial charge >= 0.3 is 0 Å². The minimum absolute atomic E-state index is 0.203. The first-order chi connectivity index (χ1) is 9.65. The molecule has 0 spiro atoms. The summed E-state index contributed by atoms with van der Waals surface area (Å²) >= 11 is 0. The molecule has 0 aliphatic carbocycles. The van der Waals surface area contributed by atoms with Gasteiger partial charge in [-0.3, -0.25) is 0 Å². The third-order valence-corrected chi connectivity index (χ3v) is 3.43. The van der Waals surface area contributed by atoms with Gasteiger partial charge in [0.1, 0.15) is 18.2 Å². The van der Waals surface area contributed by atoms with Crippen molar-refractivity contribution >= 4 is 10.9 Å². The topological polar surface area (TPSA) is 14.2 Å². The van der Waals surface area contributed by atoms with Crippen LogP contribution in [0.2, 0.25) is 0 Å². The van der Waals surface area contributed by atoms with Crippen molar-refractivity contribution in [3.63, 3.8) is 0 Å². The van der Waals surface area contributed by atoms with E-state index in [-0.39, 0.29) is 5.82 Å². The zero-order chi connectivity index (χ0) is 14.1. The number of nitrogens with zero attached hydrogens (tertiary/aromatic N) is 1. The van der Waals surface area contributed by atoms with Crippen molar-refractivity contribution in [1.82, 2.24) is 4.57 Å². The first-order valence-electron chi connectivity index (χ1n) is 6.57. The maximum Gasteiger partial charge on any atom is 0.132 e. The van der Waals surface area contributed by atoms with Crippen LogP contribution in [0.3, 0.4) is 0 Å². The van der Waals surface area contributed by atoms with E-state index >= 15 is 0 Å². The van der Waals surface area contributed by atoms with Crippen molar-refractivity contribution < 1.29 is 9.13 Å². The third-order valence-electron chi connectivity index (χ3n) is 3.43. The number of aromatic nitrogens is 1. The summed E-state index contributed by atoms with van der Waals surface area (Å²) in [7, 11) is 1.91. The van der Waals surface area contributed by atoms with E-state index in [4.69, 9.17) is 4.74 Å². The molecule has 2 nitrogen and oxygen atoms in total. The fourth-order valence-corrected chi connectivity index (χ4v) is 2.47.